The van der Waals surface area contributed by atoms with Crippen LogP contribution in [0.3, 0.4) is 0 Å². The largest absolute Gasteiger partial charge is 0.506 e. The Hall–Kier alpha value is -2.00. The number of ether oxygens (including phenoxy) is 1. The highest BCUT2D eigenvalue weighted by molar-refractivity contribution is 6.32. The zero-order valence-electron chi connectivity index (χ0n) is 11.3. The van der Waals surface area contributed by atoms with Gasteiger partial charge in [-0.05, 0) is 35.4 Å². The number of rotatable bonds is 4. The van der Waals surface area contributed by atoms with Gasteiger partial charge in [-0.1, -0.05) is 43.6 Å². The number of halogens is 1. The van der Waals surface area contributed by atoms with Crippen LogP contribution in [0, 0.1) is 0 Å². The fourth-order valence-electron chi connectivity index (χ4n) is 2.07. The van der Waals surface area contributed by atoms with Gasteiger partial charge in [0.2, 0.25) is 0 Å². The van der Waals surface area contributed by atoms with Crippen LogP contribution in [-0.2, 0) is 10.2 Å². The average molecular weight is 291 g/mol. The summed E-state index contributed by atoms with van der Waals surface area (Å²) in [4.78, 5) is 10.3. The molecule has 0 heterocycles. The first-order valence-electron chi connectivity index (χ1n) is 6.15. The molecule has 0 atom stereocenters. The van der Waals surface area contributed by atoms with E-state index < -0.39 is 0 Å². The lowest BCUT2D eigenvalue weighted by atomic mass is 9.78. The van der Waals surface area contributed by atoms with Crippen LogP contribution in [0.1, 0.15) is 25.0 Å². The molecule has 0 aliphatic rings. The highest BCUT2D eigenvalue weighted by Crippen LogP contribution is 2.35. The number of benzene rings is 2. The molecule has 0 unspecified atom stereocenters. The number of phenols is 1. The van der Waals surface area contributed by atoms with Crippen LogP contribution in [0.25, 0.3) is 0 Å². The second kappa shape index (κ2) is 5.55. The Kier molecular flexibility index (Phi) is 4.00. The van der Waals surface area contributed by atoms with Crippen molar-refractivity contribution in [2.45, 2.75) is 19.3 Å². The van der Waals surface area contributed by atoms with Crippen molar-refractivity contribution in [1.29, 1.82) is 0 Å². The van der Waals surface area contributed by atoms with E-state index in [0.717, 1.165) is 11.1 Å². The molecule has 2 aromatic rings. The Morgan fingerprint density at radius 3 is 2.25 bits per heavy atom. The molecule has 0 aliphatic carbocycles. The number of aromatic hydroxyl groups is 1. The zero-order chi connectivity index (χ0) is 14.8. The van der Waals surface area contributed by atoms with Crippen LogP contribution in [0.2, 0.25) is 5.02 Å². The molecule has 3 nitrogen and oxygen atoms in total. The van der Waals surface area contributed by atoms with Crippen molar-refractivity contribution in [2.24, 2.45) is 0 Å². The van der Waals surface area contributed by atoms with Crippen LogP contribution in [0.15, 0.2) is 42.5 Å². The van der Waals surface area contributed by atoms with Crippen molar-refractivity contribution in [1.82, 2.24) is 0 Å². The third-order valence-electron chi connectivity index (χ3n) is 3.43. The van der Waals surface area contributed by atoms with E-state index in [1.807, 2.05) is 18.2 Å². The molecule has 4 heteroatoms. The van der Waals surface area contributed by atoms with E-state index in [1.54, 1.807) is 24.3 Å². The van der Waals surface area contributed by atoms with E-state index in [9.17, 15) is 9.90 Å². The molecule has 2 aromatic carbocycles. The molecule has 0 saturated heterocycles. The Labute approximate surface area is 122 Å². The lowest BCUT2D eigenvalue weighted by molar-refractivity contribution is -0.120. The van der Waals surface area contributed by atoms with Gasteiger partial charge in [0.05, 0.1) is 5.02 Å². The second-order valence-corrected chi connectivity index (χ2v) is 5.44. The van der Waals surface area contributed by atoms with Crippen LogP contribution < -0.4 is 4.74 Å². The van der Waals surface area contributed by atoms with Gasteiger partial charge in [-0.15, -0.1) is 0 Å². The minimum absolute atomic E-state index is 0.0703. The van der Waals surface area contributed by atoms with E-state index in [4.69, 9.17) is 16.3 Å². The quantitative estimate of drug-likeness (QED) is 0.869. The van der Waals surface area contributed by atoms with Gasteiger partial charge in [-0.25, -0.2) is 0 Å². The van der Waals surface area contributed by atoms with Crippen molar-refractivity contribution in [2.75, 3.05) is 0 Å². The molecule has 0 aromatic heterocycles. The summed E-state index contributed by atoms with van der Waals surface area (Å²) in [5.74, 6) is 0.573. The van der Waals surface area contributed by atoms with Crippen LogP contribution in [0.5, 0.6) is 11.5 Å². The van der Waals surface area contributed by atoms with E-state index in [0.29, 0.717) is 17.2 Å². The first-order chi connectivity index (χ1) is 9.45. The molecule has 0 aliphatic heterocycles. The second-order valence-electron chi connectivity index (χ2n) is 5.03. The summed E-state index contributed by atoms with van der Waals surface area (Å²) in [7, 11) is 0. The maximum atomic E-state index is 10.3. The molecule has 0 saturated carbocycles. The molecule has 0 spiro atoms. The van der Waals surface area contributed by atoms with Crippen molar-refractivity contribution >= 4 is 18.1 Å². The Bertz CT molecular complexity index is 618. The lowest BCUT2D eigenvalue weighted by Crippen LogP contribution is -2.18. The van der Waals surface area contributed by atoms with Crippen LogP contribution >= 0.6 is 11.6 Å². The van der Waals surface area contributed by atoms with E-state index >= 15 is 0 Å². The number of hydrogen-bond donors (Lipinski definition) is 1. The average Bonchev–Trinajstić information content (AvgIpc) is 2.43. The van der Waals surface area contributed by atoms with Gasteiger partial charge in [0.25, 0.3) is 6.47 Å². The van der Waals surface area contributed by atoms with E-state index in [2.05, 4.69) is 13.8 Å². The molecule has 0 fully saturated rings. The van der Waals surface area contributed by atoms with Crippen molar-refractivity contribution in [3.8, 4) is 11.5 Å². The molecule has 0 amide bonds. The topological polar surface area (TPSA) is 46.5 Å². The molecular formula is C16H15ClO3. The Morgan fingerprint density at radius 2 is 1.70 bits per heavy atom. The summed E-state index contributed by atoms with van der Waals surface area (Å²) in [6.07, 6.45) is 0. The number of carbonyl (C=O) groups excluding carboxylic acids is 1. The molecule has 2 rings (SSSR count). The monoisotopic (exact) mass is 290 g/mol. The smallest absolute Gasteiger partial charge is 0.298 e. The minimum Gasteiger partial charge on any atom is -0.506 e. The number of carbonyl (C=O) groups is 1. The Morgan fingerprint density at radius 1 is 1.10 bits per heavy atom. The first kappa shape index (κ1) is 14.4. The summed E-state index contributed by atoms with van der Waals surface area (Å²) in [6, 6.07) is 12.5. The fourth-order valence-corrected chi connectivity index (χ4v) is 2.25. The van der Waals surface area contributed by atoms with Gasteiger partial charge >= 0.3 is 0 Å². The van der Waals surface area contributed by atoms with Gasteiger partial charge in [-0.2, -0.15) is 0 Å². The minimum atomic E-state index is -0.281. The highest BCUT2D eigenvalue weighted by atomic mass is 35.5. The summed E-state index contributed by atoms with van der Waals surface area (Å²) < 4.78 is 4.78. The summed E-state index contributed by atoms with van der Waals surface area (Å²) in [5.41, 5.74) is 1.76. The van der Waals surface area contributed by atoms with Gasteiger partial charge in [0, 0.05) is 5.41 Å². The van der Waals surface area contributed by atoms with Crippen molar-refractivity contribution < 1.29 is 14.6 Å². The van der Waals surface area contributed by atoms with Crippen molar-refractivity contribution in [3.63, 3.8) is 0 Å². The van der Waals surface area contributed by atoms with Gasteiger partial charge < -0.3 is 9.84 Å². The summed E-state index contributed by atoms with van der Waals surface area (Å²) >= 11 is 5.96. The van der Waals surface area contributed by atoms with E-state index in [-0.39, 0.29) is 11.2 Å². The summed E-state index contributed by atoms with van der Waals surface area (Å²) in [6.45, 7) is 4.52. The normalized spacial score (nSPS) is 11.2. The zero-order valence-corrected chi connectivity index (χ0v) is 12.0. The molecule has 1 N–H and O–H groups in total. The molecular weight excluding hydrogens is 276 g/mol. The SMILES string of the molecule is CC(C)(c1ccc(OC=O)cc1)c1ccc(O)c(Cl)c1. The van der Waals surface area contributed by atoms with Crippen LogP contribution in [0.4, 0.5) is 0 Å². The number of phenolic OH excluding ortho intramolecular Hbond substituents is 1. The summed E-state index contributed by atoms with van der Waals surface area (Å²) in [5, 5.41) is 9.82. The molecule has 20 heavy (non-hydrogen) atoms. The maximum absolute atomic E-state index is 10.3. The molecule has 0 radical (unpaired) electrons. The van der Waals surface area contributed by atoms with Gasteiger partial charge in [0.1, 0.15) is 11.5 Å². The highest BCUT2D eigenvalue weighted by Gasteiger charge is 2.23. The fraction of sp³-hybridized carbons (Fsp3) is 0.188. The lowest BCUT2D eigenvalue weighted by Gasteiger charge is -2.26. The van der Waals surface area contributed by atoms with Crippen LogP contribution in [-0.4, -0.2) is 11.6 Å². The Balaban J connectivity index is 2.37. The maximum Gasteiger partial charge on any atom is 0.298 e. The third kappa shape index (κ3) is 2.78. The predicted molar refractivity (Wildman–Crippen MR) is 78.4 cm³/mol. The van der Waals surface area contributed by atoms with Gasteiger partial charge in [0.15, 0.2) is 0 Å². The standard InChI is InChI=1S/C16H15ClO3/c1-16(2,12-5-8-15(19)14(17)9-12)11-3-6-13(7-4-11)20-10-18/h3-10,19H,1-2H3. The predicted octanol–water partition coefficient (Wildman–Crippen LogP) is 3.91. The molecule has 0 bridgehead atoms. The number of hydrogen-bond acceptors (Lipinski definition) is 3. The molecule has 104 valence electrons. The third-order valence-corrected chi connectivity index (χ3v) is 3.73. The first-order valence-corrected chi connectivity index (χ1v) is 6.53. The van der Waals surface area contributed by atoms with Crippen molar-refractivity contribution in [3.05, 3.63) is 58.6 Å². The van der Waals surface area contributed by atoms with Gasteiger partial charge in [-0.3, -0.25) is 4.79 Å². The van der Waals surface area contributed by atoms with E-state index in [1.165, 1.54) is 0 Å².